The fraction of sp³-hybridized carbons (Fsp3) is 0.150. The third-order valence-corrected chi connectivity index (χ3v) is 5.21. The van der Waals surface area contributed by atoms with E-state index in [9.17, 15) is 14.4 Å². The van der Waals surface area contributed by atoms with E-state index in [1.807, 2.05) is 42.6 Å². The Labute approximate surface area is 169 Å². The summed E-state index contributed by atoms with van der Waals surface area (Å²) < 4.78 is 2.37. The topological polar surface area (TPSA) is 98.9 Å². The smallest absolute Gasteiger partial charge is 0.300 e. The molecule has 0 aliphatic carbocycles. The molecule has 0 unspecified atom stereocenters. The number of nitrogens with zero attached hydrogens (tertiary/aromatic N) is 4. The molecular formula is C20H17N5O3S. The Balaban J connectivity index is 1.77. The zero-order chi connectivity index (χ0) is 20.4. The molecule has 0 saturated heterocycles. The van der Waals surface area contributed by atoms with Gasteiger partial charge < -0.3 is 5.32 Å². The first-order valence-corrected chi connectivity index (χ1v) is 9.75. The van der Waals surface area contributed by atoms with E-state index >= 15 is 0 Å². The molecule has 0 fully saturated rings. The Morgan fingerprint density at radius 1 is 1.10 bits per heavy atom. The number of amides is 1. The summed E-state index contributed by atoms with van der Waals surface area (Å²) in [6.45, 7) is 1.67. The van der Waals surface area contributed by atoms with Crippen LogP contribution in [-0.4, -0.2) is 25.0 Å². The molecule has 3 heterocycles. The van der Waals surface area contributed by atoms with Crippen molar-refractivity contribution in [3.8, 4) is 0 Å². The highest BCUT2D eigenvalue weighted by atomic mass is 32.1. The standard InChI is InChI=1S/C20H17N5O3S/c1-13-12-29-19(22-13)23-16(26)11-24-15-8-5-9-21-17(15)18(27)25(20(24)28)10-14-6-3-2-4-7-14/h2-9,12H,10-11H2,1H3,(H,22,23,26). The molecule has 9 heteroatoms. The molecule has 4 rings (SSSR count). The first kappa shape index (κ1) is 18.8. The monoisotopic (exact) mass is 407 g/mol. The average Bonchev–Trinajstić information content (AvgIpc) is 3.13. The number of hydrogen-bond donors (Lipinski definition) is 1. The van der Waals surface area contributed by atoms with E-state index in [1.54, 1.807) is 12.1 Å². The van der Waals surface area contributed by atoms with E-state index in [4.69, 9.17) is 0 Å². The third-order valence-electron chi connectivity index (χ3n) is 4.34. The van der Waals surface area contributed by atoms with Crippen LogP contribution in [0.15, 0.2) is 63.6 Å². The summed E-state index contributed by atoms with van der Waals surface area (Å²) in [5.74, 6) is -0.406. The van der Waals surface area contributed by atoms with Crippen molar-refractivity contribution in [2.24, 2.45) is 0 Å². The van der Waals surface area contributed by atoms with Gasteiger partial charge in [0.25, 0.3) is 5.56 Å². The summed E-state index contributed by atoms with van der Waals surface area (Å²) in [7, 11) is 0. The summed E-state index contributed by atoms with van der Waals surface area (Å²) in [5, 5.41) is 4.97. The van der Waals surface area contributed by atoms with Gasteiger partial charge in [-0.15, -0.1) is 11.3 Å². The Morgan fingerprint density at radius 2 is 1.90 bits per heavy atom. The summed E-state index contributed by atoms with van der Waals surface area (Å²) in [6.07, 6.45) is 1.49. The number of pyridine rings is 1. The molecule has 1 aromatic carbocycles. The van der Waals surface area contributed by atoms with E-state index in [-0.39, 0.29) is 18.6 Å². The van der Waals surface area contributed by atoms with E-state index in [0.29, 0.717) is 10.6 Å². The Kier molecular flexibility index (Phi) is 5.05. The summed E-state index contributed by atoms with van der Waals surface area (Å²) in [4.78, 5) is 46.8. The van der Waals surface area contributed by atoms with Crippen LogP contribution in [-0.2, 0) is 17.9 Å². The highest BCUT2D eigenvalue weighted by Crippen LogP contribution is 2.14. The molecule has 4 aromatic rings. The maximum atomic E-state index is 13.1. The molecule has 0 bridgehead atoms. The molecule has 0 aliphatic heterocycles. The minimum absolute atomic E-state index is 0.0956. The number of anilines is 1. The number of carbonyl (C=O) groups excluding carboxylic acids is 1. The highest BCUT2D eigenvalue weighted by molar-refractivity contribution is 7.13. The van der Waals surface area contributed by atoms with E-state index < -0.39 is 17.2 Å². The second-order valence-electron chi connectivity index (χ2n) is 6.46. The van der Waals surface area contributed by atoms with Gasteiger partial charge in [0.2, 0.25) is 5.91 Å². The molecule has 1 N–H and O–H groups in total. The van der Waals surface area contributed by atoms with Gasteiger partial charge in [-0.05, 0) is 24.6 Å². The maximum absolute atomic E-state index is 13.1. The van der Waals surface area contributed by atoms with Crippen LogP contribution < -0.4 is 16.6 Å². The van der Waals surface area contributed by atoms with Gasteiger partial charge in [-0.3, -0.25) is 18.7 Å². The predicted octanol–water partition coefficient (Wildman–Crippen LogP) is 2.01. The normalized spacial score (nSPS) is 10.9. The lowest BCUT2D eigenvalue weighted by Gasteiger charge is -2.13. The second-order valence-corrected chi connectivity index (χ2v) is 7.32. The molecule has 8 nitrogen and oxygen atoms in total. The minimum atomic E-state index is -0.565. The summed E-state index contributed by atoms with van der Waals surface area (Å²) >= 11 is 1.31. The summed E-state index contributed by atoms with van der Waals surface area (Å²) in [5.41, 5.74) is 1.01. The van der Waals surface area contributed by atoms with Gasteiger partial charge in [-0.25, -0.2) is 14.8 Å². The van der Waals surface area contributed by atoms with Crippen molar-refractivity contribution in [2.75, 3.05) is 5.32 Å². The number of nitrogens with one attached hydrogen (secondary N) is 1. The van der Waals surface area contributed by atoms with Gasteiger partial charge in [0, 0.05) is 11.6 Å². The van der Waals surface area contributed by atoms with Crippen molar-refractivity contribution < 1.29 is 4.79 Å². The molecule has 0 aliphatic rings. The van der Waals surface area contributed by atoms with Gasteiger partial charge in [-0.2, -0.15) is 0 Å². The molecular weight excluding hydrogens is 390 g/mol. The van der Waals surface area contributed by atoms with Crippen LogP contribution in [0.1, 0.15) is 11.3 Å². The molecule has 0 saturated carbocycles. The molecule has 146 valence electrons. The van der Waals surface area contributed by atoms with Crippen molar-refractivity contribution >= 4 is 33.4 Å². The number of fused-ring (bicyclic) bond motifs is 1. The number of carbonyl (C=O) groups is 1. The number of thiazole rings is 1. The molecule has 29 heavy (non-hydrogen) atoms. The highest BCUT2D eigenvalue weighted by Gasteiger charge is 2.17. The fourth-order valence-corrected chi connectivity index (χ4v) is 3.72. The lowest BCUT2D eigenvalue weighted by molar-refractivity contribution is -0.116. The largest absolute Gasteiger partial charge is 0.332 e. The first-order valence-electron chi connectivity index (χ1n) is 8.87. The number of hydrogen-bond acceptors (Lipinski definition) is 6. The van der Waals surface area contributed by atoms with Crippen LogP contribution in [0.5, 0.6) is 0 Å². The zero-order valence-electron chi connectivity index (χ0n) is 15.5. The van der Waals surface area contributed by atoms with Gasteiger partial charge in [-0.1, -0.05) is 30.3 Å². The Bertz CT molecular complexity index is 1310. The van der Waals surface area contributed by atoms with E-state index in [0.717, 1.165) is 15.8 Å². The van der Waals surface area contributed by atoms with Crippen LogP contribution in [0.25, 0.3) is 11.0 Å². The lowest BCUT2D eigenvalue weighted by Crippen LogP contribution is -2.42. The zero-order valence-corrected chi connectivity index (χ0v) is 16.3. The fourth-order valence-electron chi connectivity index (χ4n) is 3.01. The Hall–Kier alpha value is -3.59. The molecule has 0 radical (unpaired) electrons. The van der Waals surface area contributed by atoms with Gasteiger partial charge in [0.1, 0.15) is 6.54 Å². The van der Waals surface area contributed by atoms with Crippen molar-refractivity contribution in [3.63, 3.8) is 0 Å². The molecule has 3 aromatic heterocycles. The SMILES string of the molecule is Cc1csc(NC(=O)Cn2c(=O)n(Cc3ccccc3)c(=O)c3ncccc32)n1. The Morgan fingerprint density at radius 3 is 2.62 bits per heavy atom. The average molecular weight is 407 g/mol. The summed E-state index contributed by atoms with van der Waals surface area (Å²) in [6, 6.07) is 12.4. The van der Waals surface area contributed by atoms with Gasteiger partial charge >= 0.3 is 5.69 Å². The van der Waals surface area contributed by atoms with Crippen LogP contribution in [0.4, 0.5) is 5.13 Å². The molecule has 0 spiro atoms. The van der Waals surface area contributed by atoms with Crippen LogP contribution in [0.3, 0.4) is 0 Å². The quantitative estimate of drug-likeness (QED) is 0.546. The van der Waals surface area contributed by atoms with Crippen molar-refractivity contribution in [1.82, 2.24) is 19.1 Å². The number of rotatable bonds is 5. The van der Waals surface area contributed by atoms with E-state index in [1.165, 1.54) is 22.1 Å². The van der Waals surface area contributed by atoms with Crippen LogP contribution in [0.2, 0.25) is 0 Å². The van der Waals surface area contributed by atoms with E-state index in [2.05, 4.69) is 15.3 Å². The third kappa shape index (κ3) is 3.85. The lowest BCUT2D eigenvalue weighted by atomic mass is 10.2. The first-order chi connectivity index (χ1) is 14.0. The van der Waals surface area contributed by atoms with Gasteiger partial charge in [0.05, 0.1) is 17.8 Å². The van der Waals surface area contributed by atoms with Crippen molar-refractivity contribution in [2.45, 2.75) is 20.0 Å². The number of aromatic nitrogens is 4. The number of benzene rings is 1. The maximum Gasteiger partial charge on any atom is 0.332 e. The second kappa shape index (κ2) is 7.80. The van der Waals surface area contributed by atoms with Crippen LogP contribution >= 0.6 is 11.3 Å². The predicted molar refractivity (Wildman–Crippen MR) is 111 cm³/mol. The molecule has 0 atom stereocenters. The minimum Gasteiger partial charge on any atom is -0.300 e. The number of aryl methyl sites for hydroxylation is 1. The van der Waals surface area contributed by atoms with Crippen LogP contribution in [0, 0.1) is 6.92 Å². The molecule has 1 amide bonds. The van der Waals surface area contributed by atoms with Crippen molar-refractivity contribution in [3.05, 3.63) is 86.1 Å². The van der Waals surface area contributed by atoms with Crippen molar-refractivity contribution in [1.29, 1.82) is 0 Å². The van der Waals surface area contributed by atoms with Gasteiger partial charge in [0.15, 0.2) is 10.6 Å².